The molecular weight excluding hydrogens is 506 g/mol. The van der Waals surface area contributed by atoms with Gasteiger partial charge in [-0.25, -0.2) is 19.0 Å². The molecule has 1 aromatic carbocycles. The van der Waals surface area contributed by atoms with Gasteiger partial charge >= 0.3 is 12.5 Å². The molecule has 0 fully saturated rings. The maximum atomic E-state index is 13.2. The highest BCUT2D eigenvalue weighted by Crippen LogP contribution is 2.36. The zero-order valence-electron chi connectivity index (χ0n) is 17.4. The Morgan fingerprint density at radius 1 is 1.03 bits per heavy atom. The quantitative estimate of drug-likeness (QED) is 0.417. The van der Waals surface area contributed by atoms with Gasteiger partial charge in [0.05, 0.1) is 15.3 Å². The molecule has 0 saturated heterocycles. The third-order valence-electron chi connectivity index (χ3n) is 4.12. The smallest absolute Gasteiger partial charge is 0.432 e. The van der Waals surface area contributed by atoms with Crippen LogP contribution in [0, 0.1) is 4.78 Å². The summed E-state index contributed by atoms with van der Waals surface area (Å²) in [5, 5.41) is 2.27. The van der Waals surface area contributed by atoms with Crippen LogP contribution < -0.4 is 14.8 Å². The molecule has 186 valence electrons. The van der Waals surface area contributed by atoms with Gasteiger partial charge in [-0.15, -0.1) is 13.2 Å². The highest BCUT2D eigenvalue weighted by atomic mass is 32.2. The summed E-state index contributed by atoms with van der Waals surface area (Å²) < 4.78 is 106. The standard InChI is InChI=1S/C20H14F6N4O4S/c1-35(27,32)13-5-2-4-12(9-13)30-16(31)14-8-11(19(21,22)23)10-29-17(14)33-15-6-3-7-28-18(15)34-20(24,25)26/h2-10,27H,1H3,(H,30,31). The molecule has 3 rings (SSSR count). The van der Waals surface area contributed by atoms with Crippen LogP contribution in [0.5, 0.6) is 17.5 Å². The van der Waals surface area contributed by atoms with Crippen LogP contribution >= 0.6 is 0 Å². The van der Waals surface area contributed by atoms with Crippen molar-refractivity contribution >= 4 is 21.3 Å². The van der Waals surface area contributed by atoms with E-state index in [-0.39, 0.29) is 10.6 Å². The predicted molar refractivity (Wildman–Crippen MR) is 110 cm³/mol. The van der Waals surface area contributed by atoms with Crippen molar-refractivity contribution in [3.8, 4) is 17.5 Å². The minimum atomic E-state index is -5.15. The zero-order valence-corrected chi connectivity index (χ0v) is 18.2. The van der Waals surface area contributed by atoms with Crippen molar-refractivity contribution in [1.29, 1.82) is 4.78 Å². The summed E-state index contributed by atoms with van der Waals surface area (Å²) in [6, 6.07) is 7.77. The van der Waals surface area contributed by atoms with E-state index in [2.05, 4.69) is 20.0 Å². The summed E-state index contributed by atoms with van der Waals surface area (Å²) >= 11 is 0. The van der Waals surface area contributed by atoms with Crippen LogP contribution in [0.15, 0.2) is 59.8 Å². The number of hydrogen-bond acceptors (Lipinski definition) is 7. The lowest BCUT2D eigenvalue weighted by atomic mass is 10.1. The Morgan fingerprint density at radius 3 is 2.37 bits per heavy atom. The first-order chi connectivity index (χ1) is 16.1. The second kappa shape index (κ2) is 9.40. The molecule has 35 heavy (non-hydrogen) atoms. The molecule has 1 amide bonds. The Hall–Kier alpha value is -3.88. The predicted octanol–water partition coefficient (Wildman–Crippen LogP) is 5.47. The molecule has 0 aliphatic heterocycles. The first-order valence-electron chi connectivity index (χ1n) is 9.24. The van der Waals surface area contributed by atoms with Crippen LogP contribution in [0.4, 0.5) is 32.0 Å². The van der Waals surface area contributed by atoms with Crippen LogP contribution in [0.1, 0.15) is 15.9 Å². The van der Waals surface area contributed by atoms with E-state index >= 15 is 0 Å². The number of ether oxygens (including phenoxy) is 2. The summed E-state index contributed by atoms with van der Waals surface area (Å²) in [4.78, 5) is 19.7. The number of carbonyl (C=O) groups excluding carboxylic acids is 1. The molecule has 0 saturated carbocycles. The summed E-state index contributed by atoms with van der Waals surface area (Å²) in [7, 11) is -3.17. The van der Waals surface area contributed by atoms with E-state index in [1.54, 1.807) is 0 Å². The number of halogens is 6. The van der Waals surface area contributed by atoms with Gasteiger partial charge in [0, 0.05) is 29.2 Å². The fraction of sp³-hybridized carbons (Fsp3) is 0.150. The Labute approximate surface area is 193 Å². The lowest BCUT2D eigenvalue weighted by Crippen LogP contribution is -2.19. The monoisotopic (exact) mass is 520 g/mol. The SMILES string of the molecule is CS(=N)(=O)c1cccc(NC(=O)c2cc(C(F)(F)F)cnc2Oc2cccnc2OC(F)(F)F)c1. The molecule has 0 spiro atoms. The number of nitrogens with zero attached hydrogens (tertiary/aromatic N) is 2. The first kappa shape index (κ1) is 25.7. The first-order valence-corrected chi connectivity index (χ1v) is 11.2. The van der Waals surface area contributed by atoms with Crippen LogP contribution in [-0.4, -0.2) is 32.7 Å². The lowest BCUT2D eigenvalue weighted by molar-refractivity contribution is -0.276. The number of rotatable bonds is 6. The Balaban J connectivity index is 2.02. The summed E-state index contributed by atoms with van der Waals surface area (Å²) in [5.74, 6) is -3.68. The summed E-state index contributed by atoms with van der Waals surface area (Å²) in [6.45, 7) is 0. The second-order valence-electron chi connectivity index (χ2n) is 6.86. The third kappa shape index (κ3) is 6.81. The van der Waals surface area contributed by atoms with Crippen LogP contribution in [0.3, 0.4) is 0 Å². The van der Waals surface area contributed by atoms with Crippen LogP contribution in [0.2, 0.25) is 0 Å². The van der Waals surface area contributed by atoms with Gasteiger partial charge in [0.15, 0.2) is 5.75 Å². The molecule has 0 radical (unpaired) electrons. The van der Waals surface area contributed by atoms with Crippen molar-refractivity contribution in [1.82, 2.24) is 9.97 Å². The maximum Gasteiger partial charge on any atom is 0.574 e. The molecule has 3 aromatic rings. The average molecular weight is 520 g/mol. The van der Waals surface area contributed by atoms with Crippen molar-refractivity contribution < 1.29 is 44.8 Å². The molecular formula is C20H14F6N4O4S. The number of anilines is 1. The van der Waals surface area contributed by atoms with Crippen molar-refractivity contribution in [2.24, 2.45) is 0 Å². The van der Waals surface area contributed by atoms with Crippen LogP contribution in [-0.2, 0) is 15.9 Å². The Bertz CT molecular complexity index is 1360. The fourth-order valence-corrected chi connectivity index (χ4v) is 3.30. The van der Waals surface area contributed by atoms with Gasteiger partial charge in [-0.2, -0.15) is 13.2 Å². The average Bonchev–Trinajstić information content (AvgIpc) is 2.73. The molecule has 8 nitrogen and oxygen atoms in total. The Morgan fingerprint density at radius 2 is 1.74 bits per heavy atom. The van der Waals surface area contributed by atoms with E-state index in [0.29, 0.717) is 12.3 Å². The lowest BCUT2D eigenvalue weighted by Gasteiger charge is -2.15. The van der Waals surface area contributed by atoms with Crippen molar-refractivity contribution in [3.63, 3.8) is 0 Å². The molecule has 0 bridgehead atoms. The Kier molecular flexibility index (Phi) is 6.91. The fourth-order valence-electron chi connectivity index (χ4n) is 2.61. The van der Waals surface area contributed by atoms with E-state index in [4.69, 9.17) is 9.52 Å². The number of carbonyl (C=O) groups is 1. The van der Waals surface area contributed by atoms with Crippen molar-refractivity contribution in [3.05, 3.63) is 66.0 Å². The summed E-state index contributed by atoms with van der Waals surface area (Å²) in [6.07, 6.45) is -7.64. The van der Waals surface area contributed by atoms with Crippen molar-refractivity contribution in [2.45, 2.75) is 17.4 Å². The maximum absolute atomic E-state index is 13.2. The number of nitrogens with one attached hydrogen (secondary N) is 2. The van der Waals surface area contributed by atoms with Crippen molar-refractivity contribution in [2.75, 3.05) is 11.6 Å². The highest BCUT2D eigenvalue weighted by molar-refractivity contribution is 7.91. The molecule has 0 aliphatic rings. The third-order valence-corrected chi connectivity index (χ3v) is 5.27. The van der Waals surface area contributed by atoms with E-state index < -0.39 is 56.8 Å². The van der Waals surface area contributed by atoms with E-state index in [0.717, 1.165) is 24.6 Å². The molecule has 0 aliphatic carbocycles. The van der Waals surface area contributed by atoms with Gasteiger partial charge in [0.25, 0.3) is 11.8 Å². The van der Waals surface area contributed by atoms with E-state index in [9.17, 15) is 35.3 Å². The number of amides is 1. The number of alkyl halides is 6. The summed E-state index contributed by atoms with van der Waals surface area (Å²) in [5.41, 5.74) is -2.13. The topological polar surface area (TPSA) is 114 Å². The van der Waals surface area contributed by atoms with Gasteiger partial charge in [-0.3, -0.25) is 4.79 Å². The number of benzene rings is 1. The van der Waals surface area contributed by atoms with Gasteiger partial charge in [0.2, 0.25) is 5.88 Å². The minimum Gasteiger partial charge on any atom is -0.432 e. The number of aromatic nitrogens is 2. The van der Waals surface area contributed by atoms with Gasteiger partial charge < -0.3 is 14.8 Å². The molecule has 2 aromatic heterocycles. The molecule has 2 heterocycles. The second-order valence-corrected chi connectivity index (χ2v) is 9.02. The zero-order chi connectivity index (χ0) is 26.0. The van der Waals surface area contributed by atoms with E-state index in [1.807, 2.05) is 0 Å². The number of hydrogen-bond donors (Lipinski definition) is 2. The van der Waals surface area contributed by atoms with Gasteiger partial charge in [-0.05, 0) is 36.4 Å². The molecule has 2 N–H and O–H groups in total. The largest absolute Gasteiger partial charge is 0.574 e. The van der Waals surface area contributed by atoms with Gasteiger partial charge in [-0.1, -0.05) is 6.07 Å². The minimum absolute atomic E-state index is 0.0137. The normalized spacial score (nSPS) is 13.6. The molecule has 1 unspecified atom stereocenters. The highest BCUT2D eigenvalue weighted by Gasteiger charge is 2.35. The van der Waals surface area contributed by atoms with Crippen LogP contribution in [0.25, 0.3) is 0 Å². The van der Waals surface area contributed by atoms with E-state index in [1.165, 1.54) is 24.3 Å². The number of pyridine rings is 2. The molecule has 1 atom stereocenters. The van der Waals surface area contributed by atoms with Gasteiger partial charge in [0.1, 0.15) is 5.56 Å². The molecule has 15 heteroatoms.